The molecule has 0 bridgehead atoms. The predicted octanol–water partition coefficient (Wildman–Crippen LogP) is 3.88. The monoisotopic (exact) mass is 400 g/mol. The number of nitrogens with one attached hydrogen (secondary N) is 1. The Bertz CT molecular complexity index is 852. The molecule has 0 radical (unpaired) electrons. The molecule has 0 fully saturated rings. The van der Waals surface area contributed by atoms with Gasteiger partial charge in [-0.05, 0) is 54.9 Å². The molecule has 3 rings (SSSR count). The van der Waals surface area contributed by atoms with Crippen LogP contribution in [0.1, 0.15) is 24.5 Å². The van der Waals surface area contributed by atoms with Gasteiger partial charge in [-0.15, -0.1) is 0 Å². The standard InChI is InChI=1S/C23H29FN2O3/c1-4-13-29-22-10-9-20(24)19-14-18(16-5-7-17(28-3)8-6-16)21(25-23(19)22)15-26(2)11-12-27/h5-10,14,21,25,27H,4,11-13,15H2,1-3H3. The molecule has 0 aliphatic carbocycles. The van der Waals surface area contributed by atoms with Crippen molar-refractivity contribution in [3.8, 4) is 11.5 Å². The highest BCUT2D eigenvalue weighted by Gasteiger charge is 2.27. The lowest BCUT2D eigenvalue weighted by molar-refractivity contribution is 0.221. The Labute approximate surface area is 171 Å². The fourth-order valence-electron chi connectivity index (χ4n) is 3.49. The Hall–Kier alpha value is -2.57. The van der Waals surface area contributed by atoms with E-state index < -0.39 is 0 Å². The fourth-order valence-corrected chi connectivity index (χ4v) is 3.49. The number of ether oxygens (including phenoxy) is 2. The van der Waals surface area contributed by atoms with Crippen LogP contribution in [0.4, 0.5) is 10.1 Å². The first kappa shape index (κ1) is 21.1. The number of hydrogen-bond acceptors (Lipinski definition) is 5. The number of rotatable bonds is 9. The van der Waals surface area contributed by atoms with Crippen molar-refractivity contribution in [2.45, 2.75) is 19.4 Å². The number of halogens is 1. The minimum atomic E-state index is -0.287. The maximum atomic E-state index is 14.7. The Balaban J connectivity index is 2.03. The van der Waals surface area contributed by atoms with Crippen LogP contribution in [0, 0.1) is 5.82 Å². The van der Waals surface area contributed by atoms with Crippen molar-refractivity contribution in [2.75, 3.05) is 45.8 Å². The maximum absolute atomic E-state index is 14.7. The summed E-state index contributed by atoms with van der Waals surface area (Å²) in [6, 6.07) is 10.8. The van der Waals surface area contributed by atoms with Crippen molar-refractivity contribution in [1.29, 1.82) is 0 Å². The highest BCUT2D eigenvalue weighted by atomic mass is 19.1. The van der Waals surface area contributed by atoms with Gasteiger partial charge in [0.15, 0.2) is 0 Å². The second-order valence-electron chi connectivity index (χ2n) is 7.19. The molecule has 6 heteroatoms. The van der Waals surface area contributed by atoms with E-state index >= 15 is 0 Å². The van der Waals surface area contributed by atoms with E-state index in [0.29, 0.717) is 36.7 Å². The van der Waals surface area contributed by atoms with Crippen LogP contribution in [0.3, 0.4) is 0 Å². The van der Waals surface area contributed by atoms with Crippen molar-refractivity contribution < 1.29 is 19.0 Å². The van der Waals surface area contributed by atoms with E-state index in [1.165, 1.54) is 6.07 Å². The van der Waals surface area contributed by atoms with Crippen LogP contribution in [0.5, 0.6) is 11.5 Å². The summed E-state index contributed by atoms with van der Waals surface area (Å²) in [6.45, 7) is 3.91. The molecular weight excluding hydrogens is 371 g/mol. The summed E-state index contributed by atoms with van der Waals surface area (Å²) >= 11 is 0. The summed E-state index contributed by atoms with van der Waals surface area (Å²) < 4.78 is 25.8. The SMILES string of the molecule is CCCOc1ccc(F)c2c1NC(CN(C)CCO)C(c1ccc(OC)cc1)=C2. The quantitative estimate of drug-likeness (QED) is 0.669. The third-order valence-electron chi connectivity index (χ3n) is 5.01. The Kier molecular flexibility index (Phi) is 7.12. The molecule has 0 saturated carbocycles. The van der Waals surface area contributed by atoms with E-state index in [2.05, 4.69) is 5.32 Å². The summed E-state index contributed by atoms with van der Waals surface area (Å²) in [5.74, 6) is 1.14. The van der Waals surface area contributed by atoms with Gasteiger partial charge in [-0.2, -0.15) is 0 Å². The fraction of sp³-hybridized carbons (Fsp3) is 0.391. The third-order valence-corrected chi connectivity index (χ3v) is 5.01. The van der Waals surface area contributed by atoms with Crippen LogP contribution in [-0.4, -0.2) is 56.5 Å². The van der Waals surface area contributed by atoms with Gasteiger partial charge in [-0.25, -0.2) is 4.39 Å². The first-order valence-corrected chi connectivity index (χ1v) is 9.94. The number of hydrogen-bond donors (Lipinski definition) is 2. The molecule has 0 aromatic heterocycles. The van der Waals surface area contributed by atoms with Crippen LogP contribution in [0.2, 0.25) is 0 Å². The van der Waals surface area contributed by atoms with Gasteiger partial charge >= 0.3 is 0 Å². The second-order valence-corrected chi connectivity index (χ2v) is 7.19. The highest BCUT2D eigenvalue weighted by Crippen LogP contribution is 2.40. The lowest BCUT2D eigenvalue weighted by Crippen LogP contribution is -2.38. The zero-order valence-corrected chi connectivity index (χ0v) is 17.2. The van der Waals surface area contributed by atoms with Gasteiger partial charge in [-0.3, -0.25) is 0 Å². The molecule has 2 aromatic rings. The number of methoxy groups -OCH3 is 1. The molecule has 156 valence electrons. The molecule has 1 aliphatic rings. The van der Waals surface area contributed by atoms with Crippen molar-refractivity contribution in [3.05, 3.63) is 53.3 Å². The van der Waals surface area contributed by atoms with Crippen molar-refractivity contribution in [2.24, 2.45) is 0 Å². The van der Waals surface area contributed by atoms with Gasteiger partial charge < -0.3 is 24.8 Å². The number of fused-ring (bicyclic) bond motifs is 1. The summed E-state index contributed by atoms with van der Waals surface area (Å²) in [5.41, 5.74) is 3.16. The van der Waals surface area contributed by atoms with Gasteiger partial charge in [0, 0.05) is 18.7 Å². The first-order valence-electron chi connectivity index (χ1n) is 9.94. The van der Waals surface area contributed by atoms with Gasteiger partial charge in [0.05, 0.1) is 32.1 Å². The van der Waals surface area contributed by atoms with Crippen LogP contribution < -0.4 is 14.8 Å². The second kappa shape index (κ2) is 9.76. The molecule has 0 spiro atoms. The largest absolute Gasteiger partial charge is 0.497 e. The Morgan fingerprint density at radius 2 is 1.93 bits per heavy atom. The zero-order valence-electron chi connectivity index (χ0n) is 17.2. The first-order chi connectivity index (χ1) is 14.1. The van der Waals surface area contributed by atoms with Crippen LogP contribution in [0.25, 0.3) is 11.6 Å². The van der Waals surface area contributed by atoms with E-state index in [1.54, 1.807) is 13.2 Å². The predicted molar refractivity (Wildman–Crippen MR) is 115 cm³/mol. The minimum absolute atomic E-state index is 0.0842. The summed E-state index contributed by atoms with van der Waals surface area (Å²) in [7, 11) is 3.59. The molecule has 1 unspecified atom stereocenters. The Morgan fingerprint density at radius 3 is 2.59 bits per heavy atom. The average Bonchev–Trinajstić information content (AvgIpc) is 2.73. The highest BCUT2D eigenvalue weighted by molar-refractivity contribution is 5.94. The number of aliphatic hydroxyl groups is 1. The smallest absolute Gasteiger partial charge is 0.143 e. The molecule has 0 amide bonds. The lowest BCUT2D eigenvalue weighted by atomic mass is 9.91. The van der Waals surface area contributed by atoms with Gasteiger partial charge in [0.1, 0.15) is 17.3 Å². The molecule has 2 N–H and O–H groups in total. The lowest BCUT2D eigenvalue weighted by Gasteiger charge is -2.32. The number of likely N-dealkylation sites (N-methyl/N-ethyl adjacent to an activating group) is 1. The van der Waals surface area contributed by atoms with Gasteiger partial charge in [0.2, 0.25) is 0 Å². The van der Waals surface area contributed by atoms with Crippen molar-refractivity contribution >= 4 is 17.3 Å². The summed E-state index contributed by atoms with van der Waals surface area (Å²) in [4.78, 5) is 2.05. The van der Waals surface area contributed by atoms with Crippen LogP contribution in [-0.2, 0) is 0 Å². The van der Waals surface area contributed by atoms with E-state index in [-0.39, 0.29) is 18.5 Å². The van der Waals surface area contributed by atoms with Crippen LogP contribution >= 0.6 is 0 Å². The normalized spacial score (nSPS) is 15.5. The topological polar surface area (TPSA) is 54.0 Å². The molecule has 5 nitrogen and oxygen atoms in total. The van der Waals surface area contributed by atoms with Crippen molar-refractivity contribution in [1.82, 2.24) is 4.90 Å². The van der Waals surface area contributed by atoms with Crippen LogP contribution in [0.15, 0.2) is 36.4 Å². The molecular formula is C23H29FN2O3. The zero-order chi connectivity index (χ0) is 20.8. The molecule has 1 aliphatic heterocycles. The third kappa shape index (κ3) is 4.89. The minimum Gasteiger partial charge on any atom is -0.497 e. The van der Waals surface area contributed by atoms with Gasteiger partial charge in [0.25, 0.3) is 0 Å². The van der Waals surface area contributed by atoms with Crippen molar-refractivity contribution in [3.63, 3.8) is 0 Å². The van der Waals surface area contributed by atoms with E-state index in [9.17, 15) is 9.50 Å². The van der Waals surface area contributed by atoms with Gasteiger partial charge in [-0.1, -0.05) is 19.1 Å². The number of benzene rings is 2. The average molecular weight is 400 g/mol. The van der Waals surface area contributed by atoms with E-state index in [0.717, 1.165) is 23.3 Å². The molecule has 29 heavy (non-hydrogen) atoms. The number of anilines is 1. The Morgan fingerprint density at radius 1 is 1.17 bits per heavy atom. The molecule has 1 heterocycles. The summed E-state index contributed by atoms with van der Waals surface area (Å²) in [5, 5.41) is 12.8. The number of aliphatic hydroxyl groups excluding tert-OH is 1. The molecule has 0 saturated heterocycles. The summed E-state index contributed by atoms with van der Waals surface area (Å²) in [6.07, 6.45) is 2.78. The molecule has 1 atom stereocenters. The van der Waals surface area contributed by atoms with E-state index in [1.807, 2.05) is 49.2 Å². The number of nitrogens with zero attached hydrogens (tertiary/aromatic N) is 1. The molecule has 2 aromatic carbocycles. The van der Waals surface area contributed by atoms with E-state index in [4.69, 9.17) is 9.47 Å². The maximum Gasteiger partial charge on any atom is 0.143 e.